The summed E-state index contributed by atoms with van der Waals surface area (Å²) in [6, 6.07) is 22.5. The van der Waals surface area contributed by atoms with E-state index in [0.29, 0.717) is 16.3 Å². The fourth-order valence-electron chi connectivity index (χ4n) is 4.08. The molecule has 0 saturated carbocycles. The fourth-order valence-corrected chi connectivity index (χ4v) is 4.21. The predicted molar refractivity (Wildman–Crippen MR) is 142 cm³/mol. The maximum absolute atomic E-state index is 13.4. The molecular formula is C29H19ClN2O6. The highest BCUT2D eigenvalue weighted by atomic mass is 35.5. The van der Waals surface area contributed by atoms with Crippen LogP contribution in [0.2, 0.25) is 5.02 Å². The van der Waals surface area contributed by atoms with Gasteiger partial charge in [-0.15, -0.1) is 0 Å². The monoisotopic (exact) mass is 526 g/mol. The fraction of sp³-hybridized carbons (Fsp3) is 0.0345. The molecule has 2 N–H and O–H groups in total. The highest BCUT2D eigenvalue weighted by molar-refractivity contribution is 6.39. The molecule has 1 aliphatic heterocycles. The van der Waals surface area contributed by atoms with Gasteiger partial charge in [0.1, 0.15) is 17.9 Å². The Labute approximate surface area is 221 Å². The van der Waals surface area contributed by atoms with E-state index in [1.165, 1.54) is 42.5 Å². The average Bonchev–Trinajstić information content (AvgIpc) is 2.91. The number of nitrogens with one attached hydrogen (secondary N) is 1. The Morgan fingerprint density at radius 3 is 2.34 bits per heavy atom. The van der Waals surface area contributed by atoms with Gasteiger partial charge in [-0.2, -0.15) is 0 Å². The molecule has 0 radical (unpaired) electrons. The number of ether oxygens (including phenoxy) is 1. The van der Waals surface area contributed by atoms with Crippen LogP contribution in [0.25, 0.3) is 16.8 Å². The molecule has 0 bridgehead atoms. The molecule has 0 atom stereocenters. The SMILES string of the molecule is O=C1NC(=O)N(c2ccc(Cl)cc2)C(=O)/C1=C/c1c(OCc2ccc(C(=O)O)cc2)ccc2ccccc12. The number of halogens is 1. The molecule has 1 heterocycles. The summed E-state index contributed by atoms with van der Waals surface area (Å²) in [5.41, 5.74) is 1.38. The standard InChI is InChI=1S/C29H19ClN2O6/c30-20-10-12-21(13-11-20)32-27(34)24(26(33)31-29(32)37)15-23-22-4-2-1-3-18(22)9-14-25(23)38-16-17-5-7-19(8-6-17)28(35)36/h1-15H,16H2,(H,35,36)(H,31,33,37)/b24-15+. The van der Waals surface area contributed by atoms with Crippen molar-refractivity contribution in [1.82, 2.24) is 5.32 Å². The summed E-state index contributed by atoms with van der Waals surface area (Å²) in [7, 11) is 0. The largest absolute Gasteiger partial charge is 0.488 e. The van der Waals surface area contributed by atoms with Gasteiger partial charge in [-0.05, 0) is 64.9 Å². The molecule has 1 saturated heterocycles. The minimum absolute atomic E-state index is 0.115. The summed E-state index contributed by atoms with van der Waals surface area (Å²) in [5.74, 6) is -2.24. The highest BCUT2D eigenvalue weighted by Crippen LogP contribution is 2.32. The van der Waals surface area contributed by atoms with Crippen molar-refractivity contribution in [3.63, 3.8) is 0 Å². The second kappa shape index (κ2) is 10.2. The van der Waals surface area contributed by atoms with Gasteiger partial charge >= 0.3 is 12.0 Å². The zero-order valence-electron chi connectivity index (χ0n) is 19.7. The van der Waals surface area contributed by atoms with Crippen molar-refractivity contribution < 1.29 is 29.0 Å². The molecule has 1 fully saturated rings. The van der Waals surface area contributed by atoms with Gasteiger partial charge in [-0.1, -0.05) is 54.1 Å². The van der Waals surface area contributed by atoms with Crippen LogP contribution < -0.4 is 15.0 Å². The van der Waals surface area contributed by atoms with Crippen molar-refractivity contribution >= 4 is 58.0 Å². The van der Waals surface area contributed by atoms with Crippen molar-refractivity contribution in [2.75, 3.05) is 4.90 Å². The second-order valence-corrected chi connectivity index (χ2v) is 8.86. The maximum atomic E-state index is 13.4. The molecule has 4 aromatic carbocycles. The van der Waals surface area contributed by atoms with Crippen molar-refractivity contribution in [1.29, 1.82) is 0 Å². The second-order valence-electron chi connectivity index (χ2n) is 8.42. The van der Waals surface area contributed by atoms with Crippen molar-refractivity contribution in [2.45, 2.75) is 6.61 Å². The lowest BCUT2D eigenvalue weighted by atomic mass is 9.99. The number of carboxylic acid groups (broad SMARTS) is 1. The average molecular weight is 527 g/mol. The van der Waals surface area contributed by atoms with E-state index in [-0.39, 0.29) is 23.4 Å². The molecule has 0 spiro atoms. The number of carboxylic acids is 1. The molecule has 8 nitrogen and oxygen atoms in total. The number of carbonyl (C=O) groups is 4. The first-order valence-corrected chi connectivity index (χ1v) is 11.8. The predicted octanol–water partition coefficient (Wildman–Crippen LogP) is 5.44. The van der Waals surface area contributed by atoms with E-state index in [2.05, 4.69) is 5.32 Å². The number of rotatable bonds is 6. The third-order valence-electron chi connectivity index (χ3n) is 6.00. The van der Waals surface area contributed by atoms with Crippen LogP contribution in [0.5, 0.6) is 5.75 Å². The minimum Gasteiger partial charge on any atom is -0.488 e. The summed E-state index contributed by atoms with van der Waals surface area (Å²) in [5, 5.41) is 13.3. The number of barbiturate groups is 1. The van der Waals surface area contributed by atoms with Gasteiger partial charge in [0.2, 0.25) is 0 Å². The van der Waals surface area contributed by atoms with Crippen molar-refractivity contribution in [3.05, 3.63) is 112 Å². The Hall–Kier alpha value is -4.95. The van der Waals surface area contributed by atoms with E-state index in [1.807, 2.05) is 30.3 Å². The third-order valence-corrected chi connectivity index (χ3v) is 6.25. The minimum atomic E-state index is -1.03. The maximum Gasteiger partial charge on any atom is 0.335 e. The summed E-state index contributed by atoms with van der Waals surface area (Å²) in [6.45, 7) is 0.115. The van der Waals surface area contributed by atoms with E-state index in [0.717, 1.165) is 21.2 Å². The van der Waals surface area contributed by atoms with Gasteiger partial charge in [0.05, 0.1) is 11.3 Å². The number of hydrogen-bond acceptors (Lipinski definition) is 5. The zero-order chi connectivity index (χ0) is 26.8. The topological polar surface area (TPSA) is 113 Å². The van der Waals surface area contributed by atoms with E-state index < -0.39 is 23.8 Å². The van der Waals surface area contributed by atoms with Crippen LogP contribution in [-0.2, 0) is 16.2 Å². The van der Waals surface area contributed by atoms with E-state index in [1.54, 1.807) is 18.2 Å². The summed E-state index contributed by atoms with van der Waals surface area (Å²) >= 11 is 5.94. The Morgan fingerprint density at radius 2 is 1.63 bits per heavy atom. The quantitative estimate of drug-likeness (QED) is 0.255. The normalized spacial score (nSPS) is 14.6. The molecule has 4 aromatic rings. The van der Waals surface area contributed by atoms with E-state index in [9.17, 15) is 19.2 Å². The number of aromatic carboxylic acids is 1. The van der Waals surface area contributed by atoms with Crippen LogP contribution in [-0.4, -0.2) is 28.9 Å². The molecule has 9 heteroatoms. The number of nitrogens with zero attached hydrogens (tertiary/aromatic N) is 1. The van der Waals surface area contributed by atoms with Gasteiger partial charge in [-0.25, -0.2) is 14.5 Å². The summed E-state index contributed by atoms with van der Waals surface area (Å²) in [4.78, 5) is 50.8. The number of imide groups is 2. The van der Waals surface area contributed by atoms with E-state index in [4.69, 9.17) is 21.4 Å². The lowest BCUT2D eigenvalue weighted by molar-refractivity contribution is -0.122. The smallest absolute Gasteiger partial charge is 0.335 e. The van der Waals surface area contributed by atoms with Gasteiger partial charge in [0.15, 0.2) is 0 Å². The van der Waals surface area contributed by atoms with Crippen LogP contribution in [0.15, 0.2) is 90.5 Å². The molecule has 0 unspecified atom stereocenters. The molecular weight excluding hydrogens is 508 g/mol. The molecule has 5 rings (SSSR count). The van der Waals surface area contributed by atoms with Crippen molar-refractivity contribution in [2.24, 2.45) is 0 Å². The molecule has 0 aliphatic carbocycles. The molecule has 1 aliphatic rings. The number of amides is 4. The number of anilines is 1. The lowest BCUT2D eigenvalue weighted by Gasteiger charge is -2.26. The van der Waals surface area contributed by atoms with Gasteiger partial charge in [0, 0.05) is 10.6 Å². The lowest BCUT2D eigenvalue weighted by Crippen LogP contribution is -2.54. The molecule has 0 aromatic heterocycles. The number of carbonyl (C=O) groups excluding carboxylic acids is 3. The highest BCUT2D eigenvalue weighted by Gasteiger charge is 2.37. The zero-order valence-corrected chi connectivity index (χ0v) is 20.4. The van der Waals surface area contributed by atoms with Crippen LogP contribution in [0.3, 0.4) is 0 Å². The number of benzene rings is 4. The number of fused-ring (bicyclic) bond motifs is 1. The summed E-state index contributed by atoms with van der Waals surface area (Å²) < 4.78 is 6.06. The van der Waals surface area contributed by atoms with Crippen LogP contribution in [0.1, 0.15) is 21.5 Å². The molecule has 188 valence electrons. The van der Waals surface area contributed by atoms with Gasteiger partial charge in [0.25, 0.3) is 11.8 Å². The van der Waals surface area contributed by atoms with Gasteiger partial charge < -0.3 is 9.84 Å². The Bertz CT molecular complexity index is 1630. The third kappa shape index (κ3) is 4.85. The number of urea groups is 1. The Kier molecular flexibility index (Phi) is 6.64. The van der Waals surface area contributed by atoms with Crippen LogP contribution in [0.4, 0.5) is 10.5 Å². The first-order chi connectivity index (χ1) is 18.3. The van der Waals surface area contributed by atoms with E-state index >= 15 is 0 Å². The Morgan fingerprint density at radius 1 is 0.921 bits per heavy atom. The molecule has 4 amide bonds. The van der Waals surface area contributed by atoms with Crippen LogP contribution >= 0.6 is 11.6 Å². The first kappa shape index (κ1) is 24.7. The van der Waals surface area contributed by atoms with Gasteiger partial charge in [-0.3, -0.25) is 14.9 Å². The van der Waals surface area contributed by atoms with Crippen LogP contribution in [0, 0.1) is 0 Å². The number of hydrogen-bond donors (Lipinski definition) is 2. The molecule has 38 heavy (non-hydrogen) atoms. The first-order valence-electron chi connectivity index (χ1n) is 11.5. The summed E-state index contributed by atoms with van der Waals surface area (Å²) in [6.07, 6.45) is 1.41. The Balaban J connectivity index is 1.54. The van der Waals surface area contributed by atoms with Crippen molar-refractivity contribution in [3.8, 4) is 5.75 Å².